The van der Waals surface area contributed by atoms with Gasteiger partial charge in [0.15, 0.2) is 11.3 Å². The number of aromatic amines is 1. The average Bonchev–Trinajstić information content (AvgIpc) is 2.85. The third kappa shape index (κ3) is 2.63. The van der Waals surface area contributed by atoms with Gasteiger partial charge in [0.25, 0.3) is 5.56 Å². The summed E-state index contributed by atoms with van der Waals surface area (Å²) in [7, 11) is 0. The standard InChI is InChI=1S/C16H21N5O/c1-2-21-15-13(12(10-17)20-21)16(22)19-14(18-15)11-8-6-4-3-5-7-9-11/h11H,2-9H2,1H3,(H,18,19,22). The van der Waals surface area contributed by atoms with Gasteiger partial charge in [-0.2, -0.15) is 10.4 Å². The summed E-state index contributed by atoms with van der Waals surface area (Å²) in [6, 6.07) is 1.99. The van der Waals surface area contributed by atoms with Crippen LogP contribution in [0.3, 0.4) is 0 Å². The van der Waals surface area contributed by atoms with E-state index in [-0.39, 0.29) is 11.3 Å². The molecule has 22 heavy (non-hydrogen) atoms. The predicted molar refractivity (Wildman–Crippen MR) is 83.6 cm³/mol. The molecule has 0 aromatic carbocycles. The third-order valence-corrected chi connectivity index (χ3v) is 4.52. The molecular formula is C16H21N5O. The second-order valence-corrected chi connectivity index (χ2v) is 5.97. The van der Waals surface area contributed by atoms with Crippen LogP contribution >= 0.6 is 0 Å². The Morgan fingerprint density at radius 3 is 2.59 bits per heavy atom. The van der Waals surface area contributed by atoms with Crippen molar-refractivity contribution in [2.75, 3.05) is 0 Å². The molecule has 0 aliphatic heterocycles. The number of aromatic nitrogens is 4. The van der Waals surface area contributed by atoms with Crippen LogP contribution in [0, 0.1) is 11.3 Å². The zero-order chi connectivity index (χ0) is 15.5. The van der Waals surface area contributed by atoms with E-state index < -0.39 is 0 Å². The molecule has 1 N–H and O–H groups in total. The van der Waals surface area contributed by atoms with Crippen LogP contribution in [0.15, 0.2) is 4.79 Å². The first-order valence-corrected chi connectivity index (χ1v) is 8.15. The van der Waals surface area contributed by atoms with E-state index in [1.807, 2.05) is 13.0 Å². The second-order valence-electron chi connectivity index (χ2n) is 5.97. The predicted octanol–water partition coefficient (Wildman–Crippen LogP) is 2.84. The van der Waals surface area contributed by atoms with Gasteiger partial charge in [-0.3, -0.25) is 4.79 Å². The monoisotopic (exact) mass is 299 g/mol. The Balaban J connectivity index is 2.08. The molecule has 1 saturated carbocycles. The van der Waals surface area contributed by atoms with Crippen molar-refractivity contribution in [3.8, 4) is 6.07 Å². The quantitative estimate of drug-likeness (QED) is 0.923. The van der Waals surface area contributed by atoms with Gasteiger partial charge >= 0.3 is 0 Å². The molecule has 1 aliphatic carbocycles. The smallest absolute Gasteiger partial charge is 0.263 e. The number of nitriles is 1. The van der Waals surface area contributed by atoms with Crippen LogP contribution < -0.4 is 5.56 Å². The molecule has 2 aromatic rings. The molecular weight excluding hydrogens is 278 g/mol. The maximum Gasteiger partial charge on any atom is 0.263 e. The summed E-state index contributed by atoms with van der Waals surface area (Å²) in [5, 5.41) is 13.6. The van der Waals surface area contributed by atoms with Crippen LogP contribution in [0.4, 0.5) is 0 Å². The van der Waals surface area contributed by atoms with Crippen molar-refractivity contribution in [3.05, 3.63) is 21.9 Å². The van der Waals surface area contributed by atoms with Gasteiger partial charge in [-0.1, -0.05) is 32.1 Å². The lowest BCUT2D eigenvalue weighted by atomic mass is 9.90. The minimum atomic E-state index is -0.238. The zero-order valence-corrected chi connectivity index (χ0v) is 12.9. The highest BCUT2D eigenvalue weighted by molar-refractivity contribution is 5.79. The third-order valence-electron chi connectivity index (χ3n) is 4.52. The molecule has 2 heterocycles. The highest BCUT2D eigenvalue weighted by Crippen LogP contribution is 2.29. The molecule has 0 amide bonds. The molecule has 1 fully saturated rings. The van der Waals surface area contributed by atoms with Crippen LogP contribution in [-0.4, -0.2) is 19.7 Å². The van der Waals surface area contributed by atoms with Gasteiger partial charge in [0.05, 0.1) is 0 Å². The molecule has 0 unspecified atom stereocenters. The summed E-state index contributed by atoms with van der Waals surface area (Å²) in [6.07, 6.45) is 8.33. The molecule has 0 spiro atoms. The Labute approximate surface area is 129 Å². The first-order chi connectivity index (χ1) is 10.7. The Morgan fingerprint density at radius 2 is 1.95 bits per heavy atom. The van der Waals surface area contributed by atoms with E-state index in [0.717, 1.165) is 18.7 Å². The van der Waals surface area contributed by atoms with Crippen molar-refractivity contribution in [1.82, 2.24) is 19.7 Å². The first kappa shape index (κ1) is 14.8. The summed E-state index contributed by atoms with van der Waals surface area (Å²) in [6.45, 7) is 2.53. The minimum absolute atomic E-state index is 0.162. The SMILES string of the molecule is CCn1nc(C#N)c2c(=O)[nH]c(C3CCCCCCC3)nc21. The van der Waals surface area contributed by atoms with Crippen LogP contribution in [0.2, 0.25) is 0 Å². The van der Waals surface area contributed by atoms with Crippen LogP contribution in [0.5, 0.6) is 0 Å². The Morgan fingerprint density at radius 1 is 1.27 bits per heavy atom. The fraction of sp³-hybridized carbons (Fsp3) is 0.625. The fourth-order valence-corrected chi connectivity index (χ4v) is 3.32. The lowest BCUT2D eigenvalue weighted by Crippen LogP contribution is -2.16. The number of nitrogens with one attached hydrogen (secondary N) is 1. The average molecular weight is 299 g/mol. The maximum atomic E-state index is 12.4. The summed E-state index contributed by atoms with van der Waals surface area (Å²) in [5.74, 6) is 1.07. The van der Waals surface area contributed by atoms with Crippen LogP contribution in [0.1, 0.15) is 69.3 Å². The van der Waals surface area contributed by atoms with Crippen molar-refractivity contribution < 1.29 is 0 Å². The first-order valence-electron chi connectivity index (χ1n) is 8.15. The number of H-pyrrole nitrogens is 1. The highest BCUT2D eigenvalue weighted by Gasteiger charge is 2.20. The van der Waals surface area contributed by atoms with Crippen molar-refractivity contribution in [3.63, 3.8) is 0 Å². The number of fused-ring (bicyclic) bond motifs is 1. The van der Waals surface area contributed by atoms with Gasteiger partial charge in [-0.15, -0.1) is 0 Å². The van der Waals surface area contributed by atoms with Gasteiger partial charge in [0.2, 0.25) is 0 Å². The molecule has 6 nitrogen and oxygen atoms in total. The lowest BCUT2D eigenvalue weighted by Gasteiger charge is -2.18. The van der Waals surface area contributed by atoms with E-state index in [1.165, 1.54) is 32.1 Å². The number of hydrogen-bond donors (Lipinski definition) is 1. The molecule has 116 valence electrons. The van der Waals surface area contributed by atoms with E-state index in [1.54, 1.807) is 4.68 Å². The molecule has 0 atom stereocenters. The second kappa shape index (κ2) is 6.30. The molecule has 0 radical (unpaired) electrons. The van der Waals surface area contributed by atoms with E-state index in [2.05, 4.69) is 15.1 Å². The van der Waals surface area contributed by atoms with Crippen molar-refractivity contribution in [1.29, 1.82) is 5.26 Å². The van der Waals surface area contributed by atoms with Gasteiger partial charge in [-0.05, 0) is 19.8 Å². The van der Waals surface area contributed by atoms with Crippen LogP contribution in [-0.2, 0) is 6.54 Å². The largest absolute Gasteiger partial charge is 0.310 e. The highest BCUT2D eigenvalue weighted by atomic mass is 16.1. The summed E-state index contributed by atoms with van der Waals surface area (Å²) < 4.78 is 1.65. The van der Waals surface area contributed by atoms with Gasteiger partial charge in [0.1, 0.15) is 17.3 Å². The van der Waals surface area contributed by atoms with Gasteiger partial charge in [-0.25, -0.2) is 9.67 Å². The molecule has 6 heteroatoms. The molecule has 0 bridgehead atoms. The van der Waals surface area contributed by atoms with Crippen molar-refractivity contribution >= 4 is 11.0 Å². The fourth-order valence-electron chi connectivity index (χ4n) is 3.32. The van der Waals surface area contributed by atoms with E-state index in [9.17, 15) is 4.79 Å². The summed E-state index contributed by atoms with van der Waals surface area (Å²) >= 11 is 0. The molecule has 2 aromatic heterocycles. The molecule has 0 saturated heterocycles. The number of aryl methyl sites for hydroxylation is 1. The van der Waals surface area contributed by atoms with E-state index >= 15 is 0 Å². The van der Waals surface area contributed by atoms with Crippen LogP contribution in [0.25, 0.3) is 11.0 Å². The Bertz CT molecular complexity index is 759. The number of rotatable bonds is 2. The van der Waals surface area contributed by atoms with Gasteiger partial charge < -0.3 is 4.98 Å². The van der Waals surface area contributed by atoms with E-state index in [0.29, 0.717) is 23.5 Å². The molecule has 3 rings (SSSR count). The number of nitrogens with zero attached hydrogens (tertiary/aromatic N) is 4. The zero-order valence-electron chi connectivity index (χ0n) is 12.9. The lowest BCUT2D eigenvalue weighted by molar-refractivity contribution is 0.442. The summed E-state index contributed by atoms with van der Waals surface area (Å²) in [4.78, 5) is 20.0. The maximum absolute atomic E-state index is 12.4. The van der Waals surface area contributed by atoms with Crippen molar-refractivity contribution in [2.45, 2.75) is 64.3 Å². The van der Waals surface area contributed by atoms with Gasteiger partial charge in [0, 0.05) is 12.5 Å². The summed E-state index contributed by atoms with van der Waals surface area (Å²) in [5.41, 5.74) is 0.466. The molecule has 1 aliphatic rings. The topological polar surface area (TPSA) is 87.4 Å². The Kier molecular flexibility index (Phi) is 4.23. The minimum Gasteiger partial charge on any atom is -0.310 e. The van der Waals surface area contributed by atoms with E-state index in [4.69, 9.17) is 5.26 Å². The van der Waals surface area contributed by atoms with Crippen molar-refractivity contribution in [2.24, 2.45) is 0 Å². The normalized spacial score (nSPS) is 17.1. The number of hydrogen-bond acceptors (Lipinski definition) is 4. The Hall–Kier alpha value is -2.16.